The van der Waals surface area contributed by atoms with Gasteiger partial charge in [-0.3, -0.25) is 0 Å². The normalized spacial score (nSPS) is 15.4. The van der Waals surface area contributed by atoms with Gasteiger partial charge in [0, 0.05) is 12.4 Å². The molecular weight excluding hydrogens is 174 g/mol. The van der Waals surface area contributed by atoms with E-state index in [1.807, 2.05) is 12.4 Å². The molecule has 0 spiro atoms. The van der Waals surface area contributed by atoms with Crippen LogP contribution < -0.4 is 5.32 Å². The third kappa shape index (κ3) is 3.14. The molecule has 14 heavy (non-hydrogen) atoms. The number of nitrogens with zero attached hydrogens (tertiary/aromatic N) is 1. The molecule has 0 aromatic carbocycles. The van der Waals surface area contributed by atoms with Gasteiger partial charge < -0.3 is 10.3 Å². The lowest BCUT2D eigenvalue weighted by Crippen LogP contribution is -2.26. The minimum absolute atomic E-state index is 0.374. The van der Waals surface area contributed by atoms with Crippen LogP contribution in [0.3, 0.4) is 0 Å². The van der Waals surface area contributed by atoms with Crippen molar-refractivity contribution in [3.63, 3.8) is 0 Å². The third-order valence-electron chi connectivity index (χ3n) is 2.67. The van der Waals surface area contributed by atoms with E-state index in [1.165, 1.54) is 6.42 Å². The minimum atomic E-state index is 0.374. The van der Waals surface area contributed by atoms with Crippen LogP contribution in [0.5, 0.6) is 0 Å². The summed E-state index contributed by atoms with van der Waals surface area (Å²) in [5, 5.41) is 3.53. The maximum absolute atomic E-state index is 4.27. The van der Waals surface area contributed by atoms with Gasteiger partial charge in [-0.15, -0.1) is 0 Å². The molecule has 1 heterocycles. The largest absolute Gasteiger partial charge is 0.347 e. The van der Waals surface area contributed by atoms with Crippen molar-refractivity contribution in [1.29, 1.82) is 0 Å². The molecular formula is C11H21N3. The molecule has 3 heteroatoms. The van der Waals surface area contributed by atoms with Gasteiger partial charge in [-0.1, -0.05) is 27.2 Å². The van der Waals surface area contributed by atoms with Crippen molar-refractivity contribution in [1.82, 2.24) is 15.3 Å². The molecule has 3 nitrogen and oxygen atoms in total. The third-order valence-corrected chi connectivity index (χ3v) is 2.67. The number of H-pyrrole nitrogens is 1. The number of rotatable bonds is 6. The van der Waals surface area contributed by atoms with Crippen LogP contribution in [-0.4, -0.2) is 16.5 Å². The Morgan fingerprint density at radius 3 is 2.71 bits per heavy atom. The highest BCUT2D eigenvalue weighted by Gasteiger charge is 2.11. The lowest BCUT2D eigenvalue weighted by atomic mass is 10.1. The average molecular weight is 195 g/mol. The smallest absolute Gasteiger partial charge is 0.123 e. The minimum Gasteiger partial charge on any atom is -0.347 e. The van der Waals surface area contributed by atoms with Gasteiger partial charge in [-0.2, -0.15) is 0 Å². The lowest BCUT2D eigenvalue weighted by molar-refractivity contribution is 0.427. The molecule has 0 radical (unpaired) electrons. The molecule has 80 valence electrons. The Balaban J connectivity index is 2.40. The molecule has 2 atom stereocenters. The zero-order valence-electron chi connectivity index (χ0n) is 9.38. The topological polar surface area (TPSA) is 40.7 Å². The first-order valence-electron chi connectivity index (χ1n) is 5.50. The Bertz CT molecular complexity index is 231. The predicted molar refractivity (Wildman–Crippen MR) is 59.1 cm³/mol. The monoisotopic (exact) mass is 195 g/mol. The summed E-state index contributed by atoms with van der Waals surface area (Å²) in [7, 11) is 0. The number of imidazole rings is 1. The maximum Gasteiger partial charge on any atom is 0.123 e. The van der Waals surface area contributed by atoms with Gasteiger partial charge in [0.05, 0.1) is 6.04 Å². The van der Waals surface area contributed by atoms with E-state index in [4.69, 9.17) is 0 Å². The fourth-order valence-electron chi connectivity index (χ4n) is 1.39. The Kier molecular flexibility index (Phi) is 4.66. The van der Waals surface area contributed by atoms with Gasteiger partial charge in [0.2, 0.25) is 0 Å². The number of hydrogen-bond donors (Lipinski definition) is 2. The van der Waals surface area contributed by atoms with Gasteiger partial charge in [-0.05, 0) is 18.9 Å². The first-order chi connectivity index (χ1) is 6.77. The molecule has 1 aromatic rings. The van der Waals surface area contributed by atoms with Gasteiger partial charge in [0.25, 0.3) is 0 Å². The number of aromatic amines is 1. The van der Waals surface area contributed by atoms with Crippen molar-refractivity contribution in [3.05, 3.63) is 18.2 Å². The summed E-state index contributed by atoms with van der Waals surface area (Å²) < 4.78 is 0. The van der Waals surface area contributed by atoms with Crippen molar-refractivity contribution in [3.8, 4) is 0 Å². The van der Waals surface area contributed by atoms with Crippen LogP contribution in [-0.2, 0) is 0 Å². The molecule has 1 rings (SSSR count). The number of nitrogens with one attached hydrogen (secondary N) is 2. The first-order valence-corrected chi connectivity index (χ1v) is 5.50. The maximum atomic E-state index is 4.27. The summed E-state index contributed by atoms with van der Waals surface area (Å²) in [4.78, 5) is 7.43. The Hall–Kier alpha value is -0.830. The molecule has 0 amide bonds. The van der Waals surface area contributed by atoms with Gasteiger partial charge in [0.15, 0.2) is 0 Å². The first kappa shape index (κ1) is 11.2. The van der Waals surface area contributed by atoms with Crippen molar-refractivity contribution < 1.29 is 0 Å². The quantitative estimate of drug-likeness (QED) is 0.732. The van der Waals surface area contributed by atoms with E-state index in [0.717, 1.165) is 24.7 Å². The fourth-order valence-corrected chi connectivity index (χ4v) is 1.39. The van der Waals surface area contributed by atoms with E-state index in [0.29, 0.717) is 6.04 Å². The van der Waals surface area contributed by atoms with E-state index in [-0.39, 0.29) is 0 Å². The van der Waals surface area contributed by atoms with E-state index in [2.05, 4.69) is 36.1 Å². The van der Waals surface area contributed by atoms with Crippen LogP contribution in [0.2, 0.25) is 0 Å². The highest BCUT2D eigenvalue weighted by atomic mass is 15.0. The zero-order chi connectivity index (χ0) is 10.4. The van der Waals surface area contributed by atoms with E-state index in [9.17, 15) is 0 Å². The van der Waals surface area contributed by atoms with Crippen LogP contribution in [0.1, 0.15) is 45.5 Å². The van der Waals surface area contributed by atoms with Gasteiger partial charge in [0.1, 0.15) is 5.82 Å². The molecule has 0 aliphatic rings. The second-order valence-electron chi connectivity index (χ2n) is 3.86. The van der Waals surface area contributed by atoms with Crippen LogP contribution in [0.4, 0.5) is 0 Å². The summed E-state index contributed by atoms with van der Waals surface area (Å²) in [6, 6.07) is 0.374. The summed E-state index contributed by atoms with van der Waals surface area (Å²) in [6.07, 6.45) is 5.98. The summed E-state index contributed by atoms with van der Waals surface area (Å²) >= 11 is 0. The molecule has 0 fully saturated rings. The second kappa shape index (κ2) is 5.81. The summed E-state index contributed by atoms with van der Waals surface area (Å²) in [5.41, 5.74) is 0. The highest BCUT2D eigenvalue weighted by Crippen LogP contribution is 2.12. The molecule has 2 N–H and O–H groups in total. The average Bonchev–Trinajstić information content (AvgIpc) is 2.72. The lowest BCUT2D eigenvalue weighted by Gasteiger charge is -2.17. The van der Waals surface area contributed by atoms with Crippen LogP contribution in [0, 0.1) is 5.92 Å². The summed E-state index contributed by atoms with van der Waals surface area (Å²) in [6.45, 7) is 7.73. The van der Waals surface area contributed by atoms with Crippen molar-refractivity contribution in [2.45, 2.75) is 39.7 Å². The van der Waals surface area contributed by atoms with Crippen molar-refractivity contribution in [2.24, 2.45) is 5.92 Å². The SMILES string of the molecule is CCC(C)CNC(CC)c1ncc[nH]1. The van der Waals surface area contributed by atoms with Gasteiger partial charge in [-0.25, -0.2) is 4.98 Å². The molecule has 0 bridgehead atoms. The van der Waals surface area contributed by atoms with Crippen LogP contribution in [0.25, 0.3) is 0 Å². The Morgan fingerprint density at radius 2 is 2.21 bits per heavy atom. The molecule has 0 aliphatic heterocycles. The van der Waals surface area contributed by atoms with Crippen molar-refractivity contribution >= 4 is 0 Å². The van der Waals surface area contributed by atoms with Crippen molar-refractivity contribution in [2.75, 3.05) is 6.54 Å². The second-order valence-corrected chi connectivity index (χ2v) is 3.86. The van der Waals surface area contributed by atoms with Crippen LogP contribution >= 0.6 is 0 Å². The molecule has 1 aromatic heterocycles. The molecule has 0 saturated carbocycles. The highest BCUT2D eigenvalue weighted by molar-refractivity contribution is 4.94. The van der Waals surface area contributed by atoms with Gasteiger partial charge >= 0.3 is 0 Å². The standard InChI is InChI=1S/C11H21N3/c1-4-9(3)8-14-10(5-2)11-12-6-7-13-11/h6-7,9-10,14H,4-5,8H2,1-3H3,(H,12,13). The Labute approximate surface area is 86.3 Å². The predicted octanol–water partition coefficient (Wildman–Crippen LogP) is 2.50. The zero-order valence-corrected chi connectivity index (χ0v) is 9.38. The number of hydrogen-bond acceptors (Lipinski definition) is 2. The fraction of sp³-hybridized carbons (Fsp3) is 0.727. The Morgan fingerprint density at radius 1 is 1.43 bits per heavy atom. The molecule has 0 saturated heterocycles. The number of aromatic nitrogens is 2. The van der Waals surface area contributed by atoms with Crippen LogP contribution in [0.15, 0.2) is 12.4 Å². The molecule has 2 unspecified atom stereocenters. The summed E-state index contributed by atoms with van der Waals surface area (Å²) in [5.74, 6) is 1.79. The van der Waals surface area contributed by atoms with E-state index >= 15 is 0 Å². The molecule has 0 aliphatic carbocycles. The van der Waals surface area contributed by atoms with E-state index in [1.54, 1.807) is 0 Å². The van der Waals surface area contributed by atoms with E-state index < -0.39 is 0 Å².